The normalized spacial score (nSPS) is 14.7. The highest BCUT2D eigenvalue weighted by atomic mass is 16.2. The lowest BCUT2D eigenvalue weighted by Crippen LogP contribution is -2.38. The molecule has 27 heavy (non-hydrogen) atoms. The lowest BCUT2D eigenvalue weighted by Gasteiger charge is -2.31. The second-order valence-electron chi connectivity index (χ2n) is 6.48. The molecule has 1 aliphatic rings. The fourth-order valence-corrected chi connectivity index (χ4v) is 3.27. The third kappa shape index (κ3) is 4.08. The number of aromatic nitrogens is 4. The van der Waals surface area contributed by atoms with E-state index in [-0.39, 0.29) is 5.91 Å². The number of benzene rings is 1. The fourth-order valence-electron chi connectivity index (χ4n) is 3.27. The average Bonchev–Trinajstić information content (AvgIpc) is 2.75. The highest BCUT2D eigenvalue weighted by molar-refractivity contribution is 5.94. The van der Waals surface area contributed by atoms with Gasteiger partial charge in [-0.2, -0.15) is 0 Å². The summed E-state index contributed by atoms with van der Waals surface area (Å²) < 4.78 is 0. The Bertz CT molecular complexity index is 895. The summed E-state index contributed by atoms with van der Waals surface area (Å²) in [6, 6.07) is 9.43. The smallest absolute Gasteiger partial charge is 0.253 e. The highest BCUT2D eigenvalue weighted by Gasteiger charge is 2.25. The van der Waals surface area contributed by atoms with Gasteiger partial charge in [-0.3, -0.25) is 14.8 Å². The zero-order valence-corrected chi connectivity index (χ0v) is 14.8. The first-order chi connectivity index (χ1) is 13.3. The molecule has 0 saturated carbocycles. The van der Waals surface area contributed by atoms with Crippen LogP contribution in [0.15, 0.2) is 61.3 Å². The first-order valence-electron chi connectivity index (χ1n) is 8.99. The Hall–Kier alpha value is -3.35. The minimum Gasteiger partial charge on any atom is -0.339 e. The summed E-state index contributed by atoms with van der Waals surface area (Å²) >= 11 is 0. The van der Waals surface area contributed by atoms with Gasteiger partial charge in [-0.1, -0.05) is 18.2 Å². The molecule has 3 heterocycles. The predicted molar refractivity (Wildman–Crippen MR) is 102 cm³/mol. The van der Waals surface area contributed by atoms with Gasteiger partial charge in [-0.15, -0.1) is 0 Å². The van der Waals surface area contributed by atoms with Crippen molar-refractivity contribution in [3.63, 3.8) is 0 Å². The number of amides is 1. The summed E-state index contributed by atoms with van der Waals surface area (Å²) in [6.07, 6.45) is 10.1. The Balaban J connectivity index is 1.40. The number of carbonyl (C=O) groups excluding carboxylic acids is 1. The molecule has 3 aromatic rings. The molecule has 7 heteroatoms. The molecule has 0 radical (unpaired) electrons. The van der Waals surface area contributed by atoms with Gasteiger partial charge in [-0.05, 0) is 25.0 Å². The van der Waals surface area contributed by atoms with Crippen LogP contribution in [-0.4, -0.2) is 43.8 Å². The monoisotopic (exact) mass is 360 g/mol. The van der Waals surface area contributed by atoms with Crippen LogP contribution in [0.5, 0.6) is 0 Å². The molecule has 1 fully saturated rings. The van der Waals surface area contributed by atoms with Crippen molar-refractivity contribution in [3.8, 4) is 0 Å². The number of rotatable bonds is 4. The van der Waals surface area contributed by atoms with Gasteiger partial charge in [-0.25, -0.2) is 9.97 Å². The van der Waals surface area contributed by atoms with Gasteiger partial charge in [0.1, 0.15) is 11.6 Å². The number of hydrogen-bond donors (Lipinski definition) is 1. The van der Waals surface area contributed by atoms with Crippen LogP contribution in [0.1, 0.15) is 34.8 Å². The van der Waals surface area contributed by atoms with Crippen molar-refractivity contribution in [2.24, 2.45) is 0 Å². The largest absolute Gasteiger partial charge is 0.339 e. The molecule has 1 amide bonds. The zero-order valence-electron chi connectivity index (χ0n) is 14.8. The van der Waals surface area contributed by atoms with Gasteiger partial charge >= 0.3 is 0 Å². The first-order valence-corrected chi connectivity index (χ1v) is 8.99. The Morgan fingerprint density at radius 1 is 0.963 bits per heavy atom. The number of likely N-dealkylation sites (tertiary alicyclic amines) is 1. The quantitative estimate of drug-likeness (QED) is 0.770. The van der Waals surface area contributed by atoms with Crippen molar-refractivity contribution >= 4 is 17.5 Å². The highest BCUT2D eigenvalue weighted by Crippen LogP contribution is 2.28. The van der Waals surface area contributed by atoms with Crippen LogP contribution >= 0.6 is 0 Å². The number of piperidine rings is 1. The van der Waals surface area contributed by atoms with Gasteiger partial charge in [0.15, 0.2) is 0 Å². The topological polar surface area (TPSA) is 83.9 Å². The minimum atomic E-state index is 0.0956. The van der Waals surface area contributed by atoms with Crippen molar-refractivity contribution in [1.82, 2.24) is 24.8 Å². The molecule has 4 rings (SSSR count). The second kappa shape index (κ2) is 7.90. The summed E-state index contributed by atoms with van der Waals surface area (Å²) in [5, 5.41) is 3.12. The van der Waals surface area contributed by atoms with E-state index < -0.39 is 0 Å². The molecule has 1 saturated heterocycles. The maximum absolute atomic E-state index is 12.6. The van der Waals surface area contributed by atoms with Gasteiger partial charge in [0.2, 0.25) is 0 Å². The second-order valence-corrected chi connectivity index (χ2v) is 6.48. The Labute approximate surface area is 157 Å². The summed E-state index contributed by atoms with van der Waals surface area (Å²) in [5.74, 6) is 1.67. The molecule has 136 valence electrons. The van der Waals surface area contributed by atoms with Crippen LogP contribution in [0.3, 0.4) is 0 Å². The lowest BCUT2D eigenvalue weighted by molar-refractivity contribution is 0.0712. The standard InChI is InChI=1S/C20H20N6O/c27-20(16-4-2-1-3-5-16)26-10-6-15(7-11-26)17-12-22-14-19(24-17)25-18-13-21-8-9-23-18/h1-5,8-9,12-15H,6-7,10-11H2,(H,23,24,25). The van der Waals surface area contributed by atoms with Crippen LogP contribution in [0.2, 0.25) is 0 Å². The molecular formula is C20H20N6O. The van der Waals surface area contributed by atoms with E-state index in [4.69, 9.17) is 0 Å². The Morgan fingerprint density at radius 3 is 2.48 bits per heavy atom. The van der Waals surface area contributed by atoms with Crippen molar-refractivity contribution in [2.75, 3.05) is 18.4 Å². The number of anilines is 2. The summed E-state index contributed by atoms with van der Waals surface area (Å²) in [4.78, 5) is 31.7. The molecule has 1 aromatic carbocycles. The third-order valence-electron chi connectivity index (χ3n) is 4.69. The van der Waals surface area contributed by atoms with Crippen LogP contribution in [-0.2, 0) is 0 Å². The van der Waals surface area contributed by atoms with Gasteiger partial charge in [0.05, 0.1) is 18.1 Å². The molecule has 1 aliphatic heterocycles. The van der Waals surface area contributed by atoms with Gasteiger partial charge < -0.3 is 10.2 Å². The van der Waals surface area contributed by atoms with Crippen LogP contribution in [0, 0.1) is 0 Å². The van der Waals surface area contributed by atoms with Gasteiger partial charge in [0, 0.05) is 43.2 Å². The molecule has 0 bridgehead atoms. The fraction of sp³-hybridized carbons (Fsp3) is 0.250. The van der Waals surface area contributed by atoms with E-state index in [0.717, 1.165) is 37.2 Å². The Morgan fingerprint density at radius 2 is 1.74 bits per heavy atom. The average molecular weight is 360 g/mol. The number of nitrogens with zero attached hydrogens (tertiary/aromatic N) is 5. The van der Waals surface area contributed by atoms with E-state index in [1.54, 1.807) is 31.0 Å². The molecular weight excluding hydrogens is 340 g/mol. The van der Waals surface area contributed by atoms with E-state index in [1.165, 1.54) is 0 Å². The SMILES string of the molecule is O=C(c1ccccc1)N1CCC(c2cncc(Nc3cnccn3)n2)CC1. The van der Waals surface area contributed by atoms with Crippen molar-refractivity contribution < 1.29 is 4.79 Å². The molecule has 2 aromatic heterocycles. The third-order valence-corrected chi connectivity index (χ3v) is 4.69. The number of carbonyl (C=O) groups is 1. The van der Waals surface area contributed by atoms with E-state index in [0.29, 0.717) is 17.6 Å². The predicted octanol–water partition coefficient (Wildman–Crippen LogP) is 3.03. The maximum atomic E-state index is 12.6. The van der Waals surface area contributed by atoms with Crippen LogP contribution < -0.4 is 5.32 Å². The molecule has 7 nitrogen and oxygen atoms in total. The number of nitrogens with one attached hydrogen (secondary N) is 1. The zero-order chi connectivity index (χ0) is 18.5. The van der Waals surface area contributed by atoms with Crippen LogP contribution in [0.4, 0.5) is 11.6 Å². The molecule has 0 atom stereocenters. The molecule has 0 spiro atoms. The number of hydrogen-bond acceptors (Lipinski definition) is 6. The van der Waals surface area contributed by atoms with E-state index in [2.05, 4.69) is 25.3 Å². The van der Waals surface area contributed by atoms with Crippen molar-refractivity contribution in [2.45, 2.75) is 18.8 Å². The minimum absolute atomic E-state index is 0.0956. The summed E-state index contributed by atoms with van der Waals surface area (Å²) in [5.41, 5.74) is 1.68. The summed E-state index contributed by atoms with van der Waals surface area (Å²) in [7, 11) is 0. The first kappa shape index (κ1) is 17.1. The lowest BCUT2D eigenvalue weighted by atomic mass is 9.93. The van der Waals surface area contributed by atoms with Crippen LogP contribution in [0.25, 0.3) is 0 Å². The van der Waals surface area contributed by atoms with E-state index >= 15 is 0 Å². The molecule has 0 unspecified atom stereocenters. The molecule has 0 aliphatic carbocycles. The maximum Gasteiger partial charge on any atom is 0.253 e. The van der Waals surface area contributed by atoms with Crippen molar-refractivity contribution in [1.29, 1.82) is 0 Å². The Kier molecular flexibility index (Phi) is 5.00. The van der Waals surface area contributed by atoms with Gasteiger partial charge in [0.25, 0.3) is 5.91 Å². The molecule has 1 N–H and O–H groups in total. The summed E-state index contributed by atoms with van der Waals surface area (Å²) in [6.45, 7) is 1.45. The van der Waals surface area contributed by atoms with E-state index in [1.807, 2.05) is 35.2 Å². The van der Waals surface area contributed by atoms with E-state index in [9.17, 15) is 4.79 Å². The van der Waals surface area contributed by atoms with Crippen molar-refractivity contribution in [3.05, 3.63) is 72.6 Å².